The molecule has 0 saturated carbocycles. The number of aryl methyl sites for hydroxylation is 1. The number of ether oxygens (including phenoxy) is 1. The molecule has 0 bridgehead atoms. The first-order valence-corrected chi connectivity index (χ1v) is 6.39. The largest absolute Gasteiger partial charge is 0.494 e. The fraction of sp³-hybridized carbons (Fsp3) is 0.500. The molecule has 0 aromatic heterocycles. The van der Waals surface area contributed by atoms with Crippen molar-refractivity contribution in [2.75, 3.05) is 6.61 Å². The van der Waals surface area contributed by atoms with Crippen molar-refractivity contribution in [2.24, 2.45) is 5.73 Å². The van der Waals surface area contributed by atoms with Gasteiger partial charge >= 0.3 is 0 Å². The molecule has 0 aliphatic carbocycles. The van der Waals surface area contributed by atoms with E-state index in [9.17, 15) is 0 Å². The Labute approximate surface area is 109 Å². The lowest BCUT2D eigenvalue weighted by Crippen LogP contribution is -2.10. The van der Waals surface area contributed by atoms with Gasteiger partial charge in [0.1, 0.15) is 5.75 Å². The Bertz CT molecular complexity index is 427. The van der Waals surface area contributed by atoms with Gasteiger partial charge in [0, 0.05) is 6.42 Å². The summed E-state index contributed by atoms with van der Waals surface area (Å²) in [5.74, 6) is 0.988. The predicted molar refractivity (Wildman–Crippen MR) is 76.9 cm³/mol. The van der Waals surface area contributed by atoms with Crippen LogP contribution in [0.4, 0.5) is 0 Å². The van der Waals surface area contributed by atoms with Crippen LogP contribution in [0, 0.1) is 20.8 Å². The van der Waals surface area contributed by atoms with Crippen molar-refractivity contribution in [3.8, 4) is 5.75 Å². The SMILES string of the molecule is CCOc1cc(C)c(CCC(N)=S)c(C)c1C. The van der Waals surface area contributed by atoms with Crippen molar-refractivity contribution >= 4 is 17.2 Å². The second-order valence-corrected chi connectivity index (χ2v) is 4.84. The van der Waals surface area contributed by atoms with Crippen molar-refractivity contribution in [3.63, 3.8) is 0 Å². The lowest BCUT2D eigenvalue weighted by Gasteiger charge is -2.16. The van der Waals surface area contributed by atoms with Gasteiger partial charge in [-0.15, -0.1) is 0 Å². The summed E-state index contributed by atoms with van der Waals surface area (Å²) in [7, 11) is 0. The molecule has 0 amide bonds. The van der Waals surface area contributed by atoms with Gasteiger partial charge in [-0.05, 0) is 62.4 Å². The maximum Gasteiger partial charge on any atom is 0.122 e. The van der Waals surface area contributed by atoms with Gasteiger partial charge in [0.05, 0.1) is 11.6 Å². The standard InChI is InChI=1S/C14H21NOS/c1-5-16-13-8-9(2)12(6-7-14(15)17)10(3)11(13)4/h8H,5-7H2,1-4H3,(H2,15,17). The first kappa shape index (κ1) is 14.0. The highest BCUT2D eigenvalue weighted by Gasteiger charge is 2.11. The van der Waals surface area contributed by atoms with Crippen LogP contribution in [-0.4, -0.2) is 11.6 Å². The Hall–Kier alpha value is -1.09. The van der Waals surface area contributed by atoms with Gasteiger partial charge in [-0.1, -0.05) is 12.2 Å². The van der Waals surface area contributed by atoms with Crippen LogP contribution in [0.2, 0.25) is 0 Å². The number of hydrogen-bond acceptors (Lipinski definition) is 2. The number of nitrogens with two attached hydrogens (primary N) is 1. The molecule has 0 spiro atoms. The van der Waals surface area contributed by atoms with Gasteiger partial charge in [-0.3, -0.25) is 0 Å². The fourth-order valence-electron chi connectivity index (χ4n) is 2.04. The molecule has 94 valence electrons. The van der Waals surface area contributed by atoms with Gasteiger partial charge in [-0.2, -0.15) is 0 Å². The van der Waals surface area contributed by atoms with Crippen molar-refractivity contribution in [2.45, 2.75) is 40.5 Å². The van der Waals surface area contributed by atoms with E-state index < -0.39 is 0 Å². The number of rotatable bonds is 5. The fourth-order valence-corrected chi connectivity index (χ4v) is 2.14. The quantitative estimate of drug-likeness (QED) is 0.816. The Morgan fingerprint density at radius 2 is 1.94 bits per heavy atom. The summed E-state index contributed by atoms with van der Waals surface area (Å²) in [5, 5.41) is 0. The highest BCUT2D eigenvalue weighted by Crippen LogP contribution is 2.28. The maximum atomic E-state index is 5.63. The normalized spacial score (nSPS) is 10.4. The smallest absolute Gasteiger partial charge is 0.122 e. The maximum absolute atomic E-state index is 5.63. The van der Waals surface area contributed by atoms with Crippen LogP contribution in [0.15, 0.2) is 6.07 Å². The molecule has 17 heavy (non-hydrogen) atoms. The molecule has 0 unspecified atom stereocenters. The van der Waals surface area contributed by atoms with Crippen LogP contribution in [0.1, 0.15) is 35.6 Å². The van der Waals surface area contributed by atoms with Crippen molar-refractivity contribution in [3.05, 3.63) is 28.3 Å². The Balaban J connectivity index is 3.07. The van der Waals surface area contributed by atoms with Crippen molar-refractivity contribution in [1.29, 1.82) is 0 Å². The van der Waals surface area contributed by atoms with Crippen LogP contribution in [-0.2, 0) is 6.42 Å². The zero-order chi connectivity index (χ0) is 13.0. The predicted octanol–water partition coefficient (Wildman–Crippen LogP) is 3.23. The first-order chi connectivity index (χ1) is 7.97. The van der Waals surface area contributed by atoms with E-state index in [0.29, 0.717) is 11.6 Å². The number of thiocarbonyl (C=S) groups is 1. The average Bonchev–Trinajstić information content (AvgIpc) is 2.25. The third-order valence-electron chi connectivity index (χ3n) is 3.13. The minimum Gasteiger partial charge on any atom is -0.494 e. The topological polar surface area (TPSA) is 35.2 Å². The monoisotopic (exact) mass is 251 g/mol. The van der Waals surface area contributed by atoms with Crippen LogP contribution < -0.4 is 10.5 Å². The lowest BCUT2D eigenvalue weighted by molar-refractivity contribution is 0.337. The zero-order valence-corrected chi connectivity index (χ0v) is 11.9. The van der Waals surface area contributed by atoms with Gasteiger partial charge in [0.15, 0.2) is 0 Å². The summed E-state index contributed by atoms with van der Waals surface area (Å²) in [4.78, 5) is 0.579. The molecule has 0 aliphatic heterocycles. The molecule has 0 aliphatic rings. The zero-order valence-electron chi connectivity index (χ0n) is 11.1. The molecule has 0 radical (unpaired) electrons. The third kappa shape index (κ3) is 3.43. The molecule has 1 aromatic carbocycles. The molecule has 1 rings (SSSR count). The Morgan fingerprint density at radius 3 is 2.47 bits per heavy atom. The van der Waals surface area contributed by atoms with E-state index in [-0.39, 0.29) is 0 Å². The molecule has 2 N–H and O–H groups in total. The van der Waals surface area contributed by atoms with Gasteiger partial charge < -0.3 is 10.5 Å². The summed E-state index contributed by atoms with van der Waals surface area (Å²) in [6.07, 6.45) is 1.69. The van der Waals surface area contributed by atoms with Gasteiger partial charge in [0.25, 0.3) is 0 Å². The molecule has 2 nitrogen and oxygen atoms in total. The van der Waals surface area contributed by atoms with E-state index in [1.807, 2.05) is 6.92 Å². The highest BCUT2D eigenvalue weighted by molar-refractivity contribution is 7.80. The third-order valence-corrected chi connectivity index (χ3v) is 3.33. The van der Waals surface area contributed by atoms with E-state index in [0.717, 1.165) is 18.6 Å². The minimum atomic E-state index is 0.579. The summed E-state index contributed by atoms with van der Waals surface area (Å²) in [6, 6.07) is 2.11. The van der Waals surface area contributed by atoms with Crippen LogP contribution in [0.25, 0.3) is 0 Å². The summed E-state index contributed by atoms with van der Waals surface area (Å²) in [5.41, 5.74) is 10.7. The van der Waals surface area contributed by atoms with E-state index in [2.05, 4.69) is 26.8 Å². The molecule has 0 fully saturated rings. The van der Waals surface area contributed by atoms with E-state index >= 15 is 0 Å². The van der Waals surface area contributed by atoms with E-state index in [1.54, 1.807) is 0 Å². The van der Waals surface area contributed by atoms with Crippen LogP contribution >= 0.6 is 12.2 Å². The summed E-state index contributed by atoms with van der Waals surface area (Å²) >= 11 is 4.93. The molecule has 3 heteroatoms. The summed E-state index contributed by atoms with van der Waals surface area (Å²) in [6.45, 7) is 9.06. The van der Waals surface area contributed by atoms with E-state index in [1.165, 1.54) is 22.3 Å². The lowest BCUT2D eigenvalue weighted by atomic mass is 9.94. The number of benzene rings is 1. The second-order valence-electron chi connectivity index (χ2n) is 4.32. The van der Waals surface area contributed by atoms with Crippen molar-refractivity contribution in [1.82, 2.24) is 0 Å². The highest BCUT2D eigenvalue weighted by atomic mass is 32.1. The Morgan fingerprint density at radius 1 is 1.29 bits per heavy atom. The van der Waals surface area contributed by atoms with Crippen LogP contribution in [0.3, 0.4) is 0 Å². The molecular weight excluding hydrogens is 230 g/mol. The van der Waals surface area contributed by atoms with Gasteiger partial charge in [0.2, 0.25) is 0 Å². The molecule has 1 aromatic rings. The Kier molecular flexibility index (Phi) is 4.94. The average molecular weight is 251 g/mol. The molecular formula is C14H21NOS. The minimum absolute atomic E-state index is 0.579. The summed E-state index contributed by atoms with van der Waals surface area (Å²) < 4.78 is 5.63. The van der Waals surface area contributed by atoms with E-state index in [4.69, 9.17) is 22.7 Å². The molecule has 0 saturated heterocycles. The van der Waals surface area contributed by atoms with Gasteiger partial charge in [-0.25, -0.2) is 0 Å². The number of hydrogen-bond donors (Lipinski definition) is 1. The molecule has 0 atom stereocenters. The van der Waals surface area contributed by atoms with Crippen molar-refractivity contribution < 1.29 is 4.74 Å². The first-order valence-electron chi connectivity index (χ1n) is 5.98. The molecule has 0 heterocycles. The van der Waals surface area contributed by atoms with Crippen LogP contribution in [0.5, 0.6) is 5.75 Å². The second kappa shape index (κ2) is 6.01.